The number of hydrogen-bond acceptors (Lipinski definition) is 4. The summed E-state index contributed by atoms with van der Waals surface area (Å²) < 4.78 is 5.26. The van der Waals surface area contributed by atoms with Crippen LogP contribution in [0.15, 0.2) is 6.33 Å². The monoisotopic (exact) mass is 193 g/mol. The molecule has 0 atom stereocenters. The first-order valence-corrected chi connectivity index (χ1v) is 4.93. The number of ether oxygens (including phenoxy) is 1. The molecular weight excluding hydrogens is 178 g/mol. The van der Waals surface area contributed by atoms with Gasteiger partial charge >= 0.3 is 0 Å². The third-order valence-electron chi connectivity index (χ3n) is 2.63. The molecule has 1 aliphatic carbocycles. The predicted molar refractivity (Wildman–Crippen MR) is 54.6 cm³/mol. The summed E-state index contributed by atoms with van der Waals surface area (Å²) in [5.41, 5.74) is 0.879. The van der Waals surface area contributed by atoms with Crippen LogP contribution >= 0.6 is 0 Å². The highest BCUT2D eigenvalue weighted by atomic mass is 16.5. The highest BCUT2D eigenvalue weighted by molar-refractivity contribution is 5.52. The summed E-state index contributed by atoms with van der Waals surface area (Å²) in [5.74, 6) is 1.59. The first-order chi connectivity index (χ1) is 6.81. The number of rotatable bonds is 3. The summed E-state index contributed by atoms with van der Waals surface area (Å²) in [7, 11) is 1.65. The molecule has 0 aliphatic heterocycles. The summed E-state index contributed by atoms with van der Waals surface area (Å²) in [5, 5.41) is 3.36. The van der Waals surface area contributed by atoms with Gasteiger partial charge in [-0.3, -0.25) is 0 Å². The van der Waals surface area contributed by atoms with Crippen LogP contribution in [0, 0.1) is 6.92 Å². The van der Waals surface area contributed by atoms with E-state index in [4.69, 9.17) is 4.74 Å². The van der Waals surface area contributed by atoms with Crippen LogP contribution in [0.4, 0.5) is 5.82 Å². The maximum atomic E-state index is 5.26. The lowest BCUT2D eigenvalue weighted by molar-refractivity contribution is 0.402. The number of hydrogen-bond donors (Lipinski definition) is 1. The molecule has 76 valence electrons. The predicted octanol–water partition coefficient (Wildman–Crippen LogP) is 1.76. The highest BCUT2D eigenvalue weighted by Gasteiger charge is 2.19. The van der Waals surface area contributed by atoms with Crippen LogP contribution in [0.5, 0.6) is 5.75 Å². The number of aromatic nitrogens is 2. The molecule has 1 aromatic heterocycles. The molecule has 4 nitrogen and oxygen atoms in total. The Morgan fingerprint density at radius 2 is 2.21 bits per heavy atom. The second-order valence-electron chi connectivity index (χ2n) is 3.61. The maximum absolute atomic E-state index is 5.26. The zero-order valence-electron chi connectivity index (χ0n) is 8.58. The van der Waals surface area contributed by atoms with Crippen LogP contribution in [-0.4, -0.2) is 23.1 Å². The molecule has 1 aromatic rings. The molecule has 0 radical (unpaired) electrons. The fourth-order valence-corrected chi connectivity index (χ4v) is 1.55. The number of nitrogens with zero attached hydrogens (tertiary/aromatic N) is 2. The lowest BCUT2D eigenvalue weighted by Crippen LogP contribution is -2.27. The first kappa shape index (κ1) is 9.24. The van der Waals surface area contributed by atoms with Crippen molar-refractivity contribution in [3.8, 4) is 5.75 Å². The zero-order chi connectivity index (χ0) is 9.97. The molecule has 0 saturated heterocycles. The van der Waals surface area contributed by atoms with Gasteiger partial charge in [0.05, 0.1) is 12.8 Å². The lowest BCUT2D eigenvalue weighted by atomic mass is 9.93. The Kier molecular flexibility index (Phi) is 2.52. The fourth-order valence-electron chi connectivity index (χ4n) is 1.55. The number of nitrogens with one attached hydrogen (secondary N) is 1. The largest absolute Gasteiger partial charge is 0.491 e. The van der Waals surface area contributed by atoms with Crippen molar-refractivity contribution in [1.29, 1.82) is 0 Å². The average molecular weight is 193 g/mol. The van der Waals surface area contributed by atoms with Gasteiger partial charge in [0.1, 0.15) is 6.33 Å². The SMILES string of the molecule is COc1c(C)ncnc1NC1CCC1. The standard InChI is InChI=1S/C10H15N3O/c1-7-9(14-2)10(12-6-11-7)13-8-4-3-5-8/h6,8H,3-5H2,1-2H3,(H,11,12,13). The maximum Gasteiger partial charge on any atom is 0.182 e. The minimum Gasteiger partial charge on any atom is -0.491 e. The molecule has 1 fully saturated rings. The van der Waals surface area contributed by atoms with Crippen molar-refractivity contribution in [2.75, 3.05) is 12.4 Å². The summed E-state index contributed by atoms with van der Waals surface area (Å²) in [4.78, 5) is 8.27. The van der Waals surface area contributed by atoms with Crippen LogP contribution in [0.3, 0.4) is 0 Å². The molecule has 1 saturated carbocycles. The Bertz CT molecular complexity index is 323. The quantitative estimate of drug-likeness (QED) is 0.794. The van der Waals surface area contributed by atoms with E-state index >= 15 is 0 Å². The van der Waals surface area contributed by atoms with Gasteiger partial charge in [0, 0.05) is 6.04 Å². The number of aryl methyl sites for hydroxylation is 1. The van der Waals surface area contributed by atoms with E-state index in [-0.39, 0.29) is 0 Å². The highest BCUT2D eigenvalue weighted by Crippen LogP contribution is 2.28. The second kappa shape index (κ2) is 3.82. The van der Waals surface area contributed by atoms with Gasteiger partial charge in [0.15, 0.2) is 11.6 Å². The van der Waals surface area contributed by atoms with Gasteiger partial charge in [0.2, 0.25) is 0 Å². The Morgan fingerprint density at radius 3 is 2.79 bits per heavy atom. The van der Waals surface area contributed by atoms with E-state index < -0.39 is 0 Å². The Morgan fingerprint density at radius 1 is 1.43 bits per heavy atom. The van der Waals surface area contributed by atoms with Crippen molar-refractivity contribution in [2.45, 2.75) is 32.2 Å². The zero-order valence-corrected chi connectivity index (χ0v) is 8.58. The molecular formula is C10H15N3O. The third kappa shape index (κ3) is 1.64. The van der Waals surface area contributed by atoms with Gasteiger partial charge in [-0.05, 0) is 26.2 Å². The van der Waals surface area contributed by atoms with E-state index in [2.05, 4.69) is 15.3 Å². The number of methoxy groups -OCH3 is 1. The minimum absolute atomic E-state index is 0.568. The molecule has 0 amide bonds. The first-order valence-electron chi connectivity index (χ1n) is 4.93. The normalized spacial score (nSPS) is 16.1. The van der Waals surface area contributed by atoms with Crippen molar-refractivity contribution in [2.24, 2.45) is 0 Å². The topological polar surface area (TPSA) is 47.0 Å². The average Bonchev–Trinajstić information content (AvgIpc) is 2.11. The Labute approximate surface area is 83.7 Å². The molecule has 14 heavy (non-hydrogen) atoms. The Balaban J connectivity index is 2.17. The molecule has 1 aliphatic rings. The van der Waals surface area contributed by atoms with Gasteiger partial charge in [-0.2, -0.15) is 0 Å². The van der Waals surface area contributed by atoms with Gasteiger partial charge in [0.25, 0.3) is 0 Å². The lowest BCUT2D eigenvalue weighted by Gasteiger charge is -2.27. The van der Waals surface area contributed by atoms with E-state index in [0.717, 1.165) is 17.3 Å². The summed E-state index contributed by atoms with van der Waals surface area (Å²) in [6.45, 7) is 1.92. The van der Waals surface area contributed by atoms with Crippen molar-refractivity contribution in [1.82, 2.24) is 9.97 Å². The summed E-state index contributed by atoms with van der Waals surface area (Å²) in [6, 6.07) is 0.568. The van der Waals surface area contributed by atoms with Gasteiger partial charge < -0.3 is 10.1 Å². The molecule has 0 unspecified atom stereocenters. The molecule has 0 bridgehead atoms. The Hall–Kier alpha value is -1.32. The van der Waals surface area contributed by atoms with Gasteiger partial charge in [-0.25, -0.2) is 9.97 Å². The molecule has 0 spiro atoms. The third-order valence-corrected chi connectivity index (χ3v) is 2.63. The van der Waals surface area contributed by atoms with E-state index in [1.54, 1.807) is 13.4 Å². The van der Waals surface area contributed by atoms with E-state index in [0.29, 0.717) is 6.04 Å². The summed E-state index contributed by atoms with van der Waals surface area (Å²) in [6.07, 6.45) is 5.33. The van der Waals surface area contributed by atoms with Crippen molar-refractivity contribution >= 4 is 5.82 Å². The van der Waals surface area contributed by atoms with Crippen LogP contribution in [0.1, 0.15) is 25.0 Å². The molecule has 0 aromatic carbocycles. The minimum atomic E-state index is 0.568. The smallest absolute Gasteiger partial charge is 0.182 e. The van der Waals surface area contributed by atoms with E-state index in [1.807, 2.05) is 6.92 Å². The van der Waals surface area contributed by atoms with Gasteiger partial charge in [-0.1, -0.05) is 0 Å². The fraction of sp³-hybridized carbons (Fsp3) is 0.600. The van der Waals surface area contributed by atoms with Crippen LogP contribution < -0.4 is 10.1 Å². The second-order valence-corrected chi connectivity index (χ2v) is 3.61. The van der Waals surface area contributed by atoms with Crippen LogP contribution in [-0.2, 0) is 0 Å². The summed E-state index contributed by atoms with van der Waals surface area (Å²) >= 11 is 0. The van der Waals surface area contributed by atoms with Crippen molar-refractivity contribution < 1.29 is 4.74 Å². The molecule has 1 heterocycles. The van der Waals surface area contributed by atoms with E-state index in [1.165, 1.54) is 19.3 Å². The molecule has 1 N–H and O–H groups in total. The molecule has 4 heteroatoms. The van der Waals surface area contributed by atoms with Crippen molar-refractivity contribution in [3.05, 3.63) is 12.0 Å². The number of anilines is 1. The molecule has 2 rings (SSSR count). The van der Waals surface area contributed by atoms with Gasteiger partial charge in [-0.15, -0.1) is 0 Å². The van der Waals surface area contributed by atoms with Crippen LogP contribution in [0.25, 0.3) is 0 Å². The van der Waals surface area contributed by atoms with E-state index in [9.17, 15) is 0 Å². The van der Waals surface area contributed by atoms with Crippen molar-refractivity contribution in [3.63, 3.8) is 0 Å². The van der Waals surface area contributed by atoms with Crippen LogP contribution in [0.2, 0.25) is 0 Å².